The van der Waals surface area contributed by atoms with E-state index in [4.69, 9.17) is 0 Å². The first-order valence-corrected chi connectivity index (χ1v) is 5.20. The van der Waals surface area contributed by atoms with Crippen LogP contribution in [0.25, 0.3) is 0 Å². The zero-order chi connectivity index (χ0) is 13.0. The molecule has 2 aromatic rings. The Labute approximate surface area is 131 Å². The second-order valence-corrected chi connectivity index (χ2v) is 3.64. The van der Waals surface area contributed by atoms with Gasteiger partial charge in [0.1, 0.15) is 5.54 Å². The van der Waals surface area contributed by atoms with Crippen molar-refractivity contribution in [3.63, 3.8) is 0 Å². The predicted octanol–water partition coefficient (Wildman–Crippen LogP) is -3.85. The number of carboxylic acid groups (broad SMARTS) is 1. The van der Waals surface area contributed by atoms with Crippen LogP contribution in [0.1, 0.15) is 11.3 Å². The van der Waals surface area contributed by atoms with Gasteiger partial charge >= 0.3 is 29.6 Å². The van der Waals surface area contributed by atoms with E-state index in [0.717, 1.165) is 0 Å². The van der Waals surface area contributed by atoms with Crippen LogP contribution in [-0.4, -0.2) is 22.6 Å². The van der Waals surface area contributed by atoms with Crippen LogP contribution in [0.3, 0.4) is 0 Å². The predicted molar refractivity (Wildman–Crippen MR) is 60.0 cm³/mol. The molecule has 1 unspecified atom stereocenters. The van der Waals surface area contributed by atoms with Gasteiger partial charge in [-0.3, -0.25) is 9.89 Å². The summed E-state index contributed by atoms with van der Waals surface area (Å²) in [6, 6.07) is 9.75. The Hall–Kier alpha value is -1.63. The molecule has 2 rings (SSSR count). The number of aromatic amines is 1. The van der Waals surface area contributed by atoms with E-state index in [0.29, 0.717) is 12.0 Å². The maximum atomic E-state index is 11.5. The molecule has 2 N–H and O–H groups in total. The molecule has 6 nitrogen and oxygen atoms in total. The second-order valence-electron chi connectivity index (χ2n) is 3.64. The summed E-state index contributed by atoms with van der Waals surface area (Å²) < 4.78 is 0. The molecule has 0 saturated carbocycles. The van der Waals surface area contributed by atoms with Crippen LogP contribution in [0.15, 0.2) is 42.6 Å². The fourth-order valence-electron chi connectivity index (χ4n) is 1.84. The molecule has 1 atom stereocenters. The minimum Gasteiger partial charge on any atom is -0.547 e. The Morgan fingerprint density at radius 1 is 1.32 bits per heavy atom. The van der Waals surface area contributed by atoms with Crippen LogP contribution in [0.5, 0.6) is 0 Å². The second kappa shape index (κ2) is 6.51. The van der Waals surface area contributed by atoms with E-state index in [2.05, 4.69) is 15.5 Å². The number of rotatable bonds is 5. The van der Waals surface area contributed by atoms with Gasteiger partial charge in [-0.1, -0.05) is 30.3 Å². The molecule has 0 bridgehead atoms. The van der Waals surface area contributed by atoms with Crippen molar-refractivity contribution in [2.45, 2.75) is 5.54 Å². The molecular formula is C12H10N3NaO3. The first-order chi connectivity index (χ1) is 8.71. The van der Waals surface area contributed by atoms with Gasteiger partial charge in [-0.2, -0.15) is 5.10 Å². The fourth-order valence-corrected chi connectivity index (χ4v) is 1.84. The van der Waals surface area contributed by atoms with Crippen molar-refractivity contribution < 1.29 is 44.3 Å². The first-order valence-electron chi connectivity index (χ1n) is 5.20. The third kappa shape index (κ3) is 2.70. The molecule has 0 aliphatic carbocycles. The number of benzene rings is 1. The van der Waals surface area contributed by atoms with E-state index in [-0.39, 0.29) is 35.3 Å². The summed E-state index contributed by atoms with van der Waals surface area (Å²) in [6.45, 7) is 0. The molecule has 0 radical (unpaired) electrons. The van der Waals surface area contributed by atoms with Crippen molar-refractivity contribution >= 4 is 12.4 Å². The molecule has 92 valence electrons. The summed E-state index contributed by atoms with van der Waals surface area (Å²) in [7, 11) is 0. The molecule has 1 heterocycles. The normalized spacial score (nSPS) is 12.8. The SMILES string of the molecule is O=CNC(C(=O)[O-])(c1ccccc1)c1ccn[nH]1.[Na+]. The smallest absolute Gasteiger partial charge is 0.547 e. The average Bonchev–Trinajstić information content (AvgIpc) is 2.90. The van der Waals surface area contributed by atoms with Crippen molar-refractivity contribution in [1.82, 2.24) is 15.5 Å². The largest absolute Gasteiger partial charge is 1.00 e. The quantitative estimate of drug-likeness (QED) is 0.428. The fraction of sp³-hybridized carbons (Fsp3) is 0.0833. The van der Waals surface area contributed by atoms with Gasteiger partial charge in [0.2, 0.25) is 6.41 Å². The summed E-state index contributed by atoms with van der Waals surface area (Å²) in [4.78, 5) is 22.3. The molecule has 0 aliphatic rings. The summed E-state index contributed by atoms with van der Waals surface area (Å²) in [5, 5.41) is 20.1. The topological polar surface area (TPSA) is 97.9 Å². The Kier molecular flexibility index (Phi) is 5.29. The molecule has 0 saturated heterocycles. The van der Waals surface area contributed by atoms with E-state index in [1.54, 1.807) is 30.3 Å². The van der Waals surface area contributed by atoms with Crippen molar-refractivity contribution in [2.75, 3.05) is 0 Å². The van der Waals surface area contributed by atoms with E-state index in [1.807, 2.05) is 0 Å². The molecule has 7 heteroatoms. The van der Waals surface area contributed by atoms with Crippen LogP contribution in [0.4, 0.5) is 0 Å². The Morgan fingerprint density at radius 2 is 2.00 bits per heavy atom. The number of carbonyl (C=O) groups is 2. The monoisotopic (exact) mass is 267 g/mol. The third-order valence-electron chi connectivity index (χ3n) is 2.69. The summed E-state index contributed by atoms with van der Waals surface area (Å²) in [5.74, 6) is -1.44. The number of nitrogens with zero attached hydrogens (tertiary/aromatic N) is 1. The van der Waals surface area contributed by atoms with Crippen LogP contribution < -0.4 is 40.0 Å². The number of hydrogen-bond acceptors (Lipinski definition) is 4. The maximum Gasteiger partial charge on any atom is 1.00 e. The van der Waals surface area contributed by atoms with Crippen LogP contribution in [0, 0.1) is 0 Å². The molecule has 1 aromatic heterocycles. The van der Waals surface area contributed by atoms with Crippen molar-refractivity contribution in [3.05, 3.63) is 53.9 Å². The minimum atomic E-state index is -1.76. The number of H-pyrrole nitrogens is 1. The standard InChI is InChI=1S/C12H11N3O3.Na/c16-8-13-12(11(17)18,10-6-7-14-15-10)9-4-2-1-3-5-9;/h1-8H,(H,13,16)(H,14,15)(H,17,18);/q;+1/p-1. The Balaban J connectivity index is 0.00000180. The van der Waals surface area contributed by atoms with E-state index in [1.165, 1.54) is 12.3 Å². The average molecular weight is 267 g/mol. The van der Waals surface area contributed by atoms with Gasteiger partial charge < -0.3 is 15.2 Å². The first kappa shape index (κ1) is 15.4. The number of aromatic nitrogens is 2. The molecule has 0 fully saturated rings. The summed E-state index contributed by atoms with van der Waals surface area (Å²) >= 11 is 0. The maximum absolute atomic E-state index is 11.5. The number of amides is 1. The van der Waals surface area contributed by atoms with Crippen LogP contribution in [-0.2, 0) is 15.1 Å². The van der Waals surface area contributed by atoms with Gasteiger partial charge in [-0.25, -0.2) is 0 Å². The van der Waals surface area contributed by atoms with Gasteiger partial charge in [0.15, 0.2) is 0 Å². The summed E-state index contributed by atoms with van der Waals surface area (Å²) in [5.41, 5.74) is -1.17. The minimum absolute atomic E-state index is 0. The van der Waals surface area contributed by atoms with Gasteiger partial charge in [0.25, 0.3) is 0 Å². The van der Waals surface area contributed by atoms with Crippen molar-refractivity contribution in [2.24, 2.45) is 0 Å². The summed E-state index contributed by atoms with van der Waals surface area (Å²) in [6.07, 6.45) is 1.73. The zero-order valence-corrected chi connectivity index (χ0v) is 12.3. The molecule has 1 amide bonds. The third-order valence-corrected chi connectivity index (χ3v) is 2.69. The van der Waals surface area contributed by atoms with Crippen molar-refractivity contribution in [3.8, 4) is 0 Å². The van der Waals surface area contributed by atoms with Gasteiger partial charge in [0, 0.05) is 6.20 Å². The Morgan fingerprint density at radius 3 is 2.47 bits per heavy atom. The van der Waals surface area contributed by atoms with Crippen molar-refractivity contribution in [1.29, 1.82) is 0 Å². The zero-order valence-electron chi connectivity index (χ0n) is 10.3. The number of hydrogen-bond donors (Lipinski definition) is 2. The van der Waals surface area contributed by atoms with Crippen LogP contribution >= 0.6 is 0 Å². The number of carbonyl (C=O) groups excluding carboxylic acids is 2. The molecule has 0 aliphatic heterocycles. The molecular weight excluding hydrogens is 257 g/mol. The van der Waals surface area contributed by atoms with Crippen LogP contribution in [0.2, 0.25) is 0 Å². The Bertz CT molecular complexity index is 545. The van der Waals surface area contributed by atoms with Gasteiger partial charge in [-0.05, 0) is 11.6 Å². The number of carboxylic acids is 1. The van der Waals surface area contributed by atoms with E-state index >= 15 is 0 Å². The van der Waals surface area contributed by atoms with E-state index < -0.39 is 11.5 Å². The number of aliphatic carboxylic acids is 1. The van der Waals surface area contributed by atoms with Gasteiger partial charge in [-0.15, -0.1) is 0 Å². The number of nitrogens with one attached hydrogen (secondary N) is 2. The van der Waals surface area contributed by atoms with Gasteiger partial charge in [0.05, 0.1) is 11.7 Å². The molecule has 0 spiro atoms. The van der Waals surface area contributed by atoms with E-state index in [9.17, 15) is 14.7 Å². The molecule has 1 aromatic carbocycles. The molecule has 19 heavy (non-hydrogen) atoms.